The number of aromatic nitrogens is 3. The van der Waals surface area contributed by atoms with Crippen LogP contribution in [0.4, 0.5) is 5.13 Å². The minimum atomic E-state index is 0.465. The van der Waals surface area contributed by atoms with Gasteiger partial charge in [-0.3, -0.25) is 0 Å². The van der Waals surface area contributed by atoms with Crippen molar-refractivity contribution in [2.75, 3.05) is 5.73 Å². The summed E-state index contributed by atoms with van der Waals surface area (Å²) in [7, 11) is 0. The lowest BCUT2D eigenvalue weighted by molar-refractivity contribution is 0.298. The molecule has 3 rings (SSSR count). The molecule has 108 valence electrons. The molecule has 2 N–H and O–H groups in total. The quantitative estimate of drug-likeness (QED) is 0.934. The Morgan fingerprint density at radius 1 is 1.40 bits per heavy atom. The second-order valence-corrected chi connectivity index (χ2v) is 6.43. The number of nitrogens with two attached hydrogens (primary N) is 1. The molecule has 1 aliphatic carbocycles. The lowest BCUT2D eigenvalue weighted by atomic mass is 9.80. The Morgan fingerprint density at radius 3 is 3.05 bits per heavy atom. The number of rotatable bonds is 4. The number of nitrogen functional groups attached to an aromatic ring is 1. The number of nitrogens with zero attached hydrogens (tertiary/aromatic N) is 3. The first-order valence-electron chi connectivity index (χ1n) is 7.27. The number of hydrogen-bond donors (Lipinski definition) is 1. The Kier molecular flexibility index (Phi) is 4.00. The van der Waals surface area contributed by atoms with Crippen molar-refractivity contribution in [2.45, 2.75) is 51.4 Å². The van der Waals surface area contributed by atoms with Gasteiger partial charge in [0, 0.05) is 11.3 Å². The fourth-order valence-corrected chi connectivity index (χ4v) is 3.52. The first-order chi connectivity index (χ1) is 9.74. The fourth-order valence-electron chi connectivity index (χ4n) is 2.96. The SMILES string of the molecule is CCC1CCCC(c2noc(Cc3csc(N)n3)n2)C1. The van der Waals surface area contributed by atoms with Crippen molar-refractivity contribution in [1.82, 2.24) is 15.1 Å². The van der Waals surface area contributed by atoms with Gasteiger partial charge in [-0.2, -0.15) is 4.98 Å². The molecular weight excluding hydrogens is 272 g/mol. The standard InChI is InChI=1S/C14H20N4OS/c1-2-9-4-3-5-10(6-9)13-17-12(19-18-13)7-11-8-20-14(15)16-11/h8-10H,2-7H2,1H3,(H2,15,16). The van der Waals surface area contributed by atoms with Crippen molar-refractivity contribution in [1.29, 1.82) is 0 Å². The zero-order valence-corrected chi connectivity index (χ0v) is 12.5. The molecule has 0 aliphatic heterocycles. The molecule has 2 unspecified atom stereocenters. The van der Waals surface area contributed by atoms with Crippen LogP contribution in [0.15, 0.2) is 9.90 Å². The molecule has 1 saturated carbocycles. The van der Waals surface area contributed by atoms with E-state index in [4.69, 9.17) is 10.3 Å². The van der Waals surface area contributed by atoms with Gasteiger partial charge in [0.15, 0.2) is 11.0 Å². The Bertz CT molecular complexity index is 565. The van der Waals surface area contributed by atoms with Crippen LogP contribution in [0, 0.1) is 5.92 Å². The summed E-state index contributed by atoms with van der Waals surface area (Å²) in [5.41, 5.74) is 6.53. The van der Waals surface area contributed by atoms with Crippen LogP contribution >= 0.6 is 11.3 Å². The van der Waals surface area contributed by atoms with E-state index in [9.17, 15) is 0 Å². The van der Waals surface area contributed by atoms with Crippen LogP contribution in [-0.2, 0) is 6.42 Å². The molecule has 2 aromatic heterocycles. The molecule has 0 saturated heterocycles. The molecule has 0 radical (unpaired) electrons. The summed E-state index contributed by atoms with van der Waals surface area (Å²) in [6, 6.07) is 0. The van der Waals surface area contributed by atoms with Gasteiger partial charge in [0.2, 0.25) is 5.89 Å². The highest BCUT2D eigenvalue weighted by atomic mass is 32.1. The lowest BCUT2D eigenvalue weighted by Gasteiger charge is -2.26. The van der Waals surface area contributed by atoms with Crippen LogP contribution in [-0.4, -0.2) is 15.1 Å². The molecule has 0 amide bonds. The summed E-state index contributed by atoms with van der Waals surface area (Å²) in [5, 5.41) is 6.69. The summed E-state index contributed by atoms with van der Waals surface area (Å²) >= 11 is 1.44. The monoisotopic (exact) mass is 292 g/mol. The van der Waals surface area contributed by atoms with Gasteiger partial charge in [-0.25, -0.2) is 4.98 Å². The number of anilines is 1. The van der Waals surface area contributed by atoms with E-state index < -0.39 is 0 Å². The molecule has 5 nitrogen and oxygen atoms in total. The van der Waals surface area contributed by atoms with Crippen molar-refractivity contribution in [3.05, 3.63) is 22.8 Å². The van der Waals surface area contributed by atoms with E-state index in [-0.39, 0.29) is 0 Å². The van der Waals surface area contributed by atoms with Gasteiger partial charge in [-0.1, -0.05) is 31.3 Å². The van der Waals surface area contributed by atoms with Gasteiger partial charge in [-0.15, -0.1) is 11.3 Å². The Morgan fingerprint density at radius 2 is 2.30 bits per heavy atom. The van der Waals surface area contributed by atoms with Gasteiger partial charge in [0.05, 0.1) is 12.1 Å². The zero-order valence-electron chi connectivity index (χ0n) is 11.7. The predicted octanol–water partition coefficient (Wildman–Crippen LogP) is 3.38. The summed E-state index contributed by atoms with van der Waals surface area (Å²) in [6.07, 6.45) is 6.81. The fraction of sp³-hybridized carbons (Fsp3) is 0.643. The minimum Gasteiger partial charge on any atom is -0.375 e. The maximum absolute atomic E-state index is 5.63. The van der Waals surface area contributed by atoms with Crippen LogP contribution < -0.4 is 5.73 Å². The van der Waals surface area contributed by atoms with Crippen molar-refractivity contribution in [2.24, 2.45) is 5.92 Å². The molecule has 2 atom stereocenters. The second kappa shape index (κ2) is 5.91. The third-order valence-corrected chi connectivity index (χ3v) is 4.83. The largest absolute Gasteiger partial charge is 0.375 e. The third kappa shape index (κ3) is 3.00. The highest BCUT2D eigenvalue weighted by Gasteiger charge is 2.26. The maximum atomic E-state index is 5.63. The van der Waals surface area contributed by atoms with Crippen LogP contribution in [0.1, 0.15) is 62.4 Å². The van der Waals surface area contributed by atoms with Crippen molar-refractivity contribution < 1.29 is 4.52 Å². The van der Waals surface area contributed by atoms with Crippen molar-refractivity contribution in [3.63, 3.8) is 0 Å². The number of thiazole rings is 1. The van der Waals surface area contributed by atoms with E-state index in [2.05, 4.69) is 22.0 Å². The topological polar surface area (TPSA) is 77.8 Å². The van der Waals surface area contributed by atoms with Gasteiger partial charge >= 0.3 is 0 Å². The molecule has 1 fully saturated rings. The first kappa shape index (κ1) is 13.5. The third-order valence-electron chi connectivity index (χ3n) is 4.11. The summed E-state index contributed by atoms with van der Waals surface area (Å²) in [4.78, 5) is 8.77. The Labute approximate surface area is 122 Å². The summed E-state index contributed by atoms with van der Waals surface area (Å²) < 4.78 is 5.36. The zero-order chi connectivity index (χ0) is 13.9. The highest BCUT2D eigenvalue weighted by molar-refractivity contribution is 7.13. The van der Waals surface area contributed by atoms with E-state index in [1.54, 1.807) is 0 Å². The van der Waals surface area contributed by atoms with Gasteiger partial charge in [-0.05, 0) is 18.8 Å². The summed E-state index contributed by atoms with van der Waals surface area (Å²) in [5.74, 6) is 2.80. The maximum Gasteiger partial charge on any atom is 0.232 e. The van der Waals surface area contributed by atoms with E-state index >= 15 is 0 Å². The van der Waals surface area contributed by atoms with Crippen molar-refractivity contribution in [3.8, 4) is 0 Å². The van der Waals surface area contributed by atoms with E-state index in [1.807, 2.05) is 5.38 Å². The normalized spacial score (nSPS) is 23.1. The Balaban J connectivity index is 1.67. The molecule has 0 bridgehead atoms. The smallest absolute Gasteiger partial charge is 0.232 e. The highest BCUT2D eigenvalue weighted by Crippen LogP contribution is 2.36. The molecule has 0 spiro atoms. The molecule has 0 aromatic carbocycles. The van der Waals surface area contributed by atoms with Crippen LogP contribution in [0.25, 0.3) is 0 Å². The van der Waals surface area contributed by atoms with E-state index in [0.29, 0.717) is 23.4 Å². The van der Waals surface area contributed by atoms with E-state index in [0.717, 1.165) is 17.4 Å². The Hall–Kier alpha value is -1.43. The molecule has 6 heteroatoms. The van der Waals surface area contributed by atoms with Gasteiger partial charge in [0.1, 0.15) is 0 Å². The van der Waals surface area contributed by atoms with Crippen LogP contribution in [0.5, 0.6) is 0 Å². The van der Waals surface area contributed by atoms with Crippen molar-refractivity contribution >= 4 is 16.5 Å². The molecule has 20 heavy (non-hydrogen) atoms. The summed E-state index contributed by atoms with van der Waals surface area (Å²) in [6.45, 7) is 2.27. The predicted molar refractivity (Wildman–Crippen MR) is 78.6 cm³/mol. The average molecular weight is 292 g/mol. The van der Waals surface area contributed by atoms with Crippen LogP contribution in [0.3, 0.4) is 0 Å². The van der Waals surface area contributed by atoms with Gasteiger partial charge in [0.25, 0.3) is 0 Å². The molecular formula is C14H20N4OS. The molecule has 2 heterocycles. The minimum absolute atomic E-state index is 0.465. The average Bonchev–Trinajstić information content (AvgIpc) is 3.09. The molecule has 2 aromatic rings. The van der Waals surface area contributed by atoms with Gasteiger partial charge < -0.3 is 10.3 Å². The van der Waals surface area contributed by atoms with E-state index in [1.165, 1.54) is 43.4 Å². The number of hydrogen-bond acceptors (Lipinski definition) is 6. The second-order valence-electron chi connectivity index (χ2n) is 5.54. The first-order valence-corrected chi connectivity index (χ1v) is 8.15. The van der Waals surface area contributed by atoms with Crippen LogP contribution in [0.2, 0.25) is 0 Å². The molecule has 1 aliphatic rings. The lowest BCUT2D eigenvalue weighted by Crippen LogP contribution is -2.14.